The summed E-state index contributed by atoms with van der Waals surface area (Å²) in [7, 11) is 2.07. The average Bonchev–Trinajstić information content (AvgIpc) is 2.33. The fourth-order valence-electron chi connectivity index (χ4n) is 1.84. The van der Waals surface area contributed by atoms with Crippen LogP contribution in [0, 0.1) is 5.92 Å². The van der Waals surface area contributed by atoms with Crippen molar-refractivity contribution in [2.75, 3.05) is 12.8 Å². The maximum absolute atomic E-state index is 3.52. The van der Waals surface area contributed by atoms with Crippen molar-refractivity contribution in [2.45, 2.75) is 44.0 Å². The number of benzene rings is 1. The zero-order valence-corrected chi connectivity index (χ0v) is 14.0. The summed E-state index contributed by atoms with van der Waals surface area (Å²) in [5.74, 6) is 1.96. The van der Waals surface area contributed by atoms with Crippen molar-refractivity contribution >= 4 is 27.7 Å². The maximum atomic E-state index is 3.52. The van der Waals surface area contributed by atoms with Gasteiger partial charge < -0.3 is 5.32 Å². The van der Waals surface area contributed by atoms with E-state index in [9.17, 15) is 0 Å². The smallest absolute Gasteiger partial charge is 0.0186 e. The van der Waals surface area contributed by atoms with Crippen LogP contribution >= 0.6 is 27.7 Å². The summed E-state index contributed by atoms with van der Waals surface area (Å²) in [6.07, 6.45) is 3.93. The van der Waals surface area contributed by atoms with Gasteiger partial charge in [-0.2, -0.15) is 0 Å². The minimum absolute atomic E-state index is 0.618. The Morgan fingerprint density at radius 3 is 2.67 bits per heavy atom. The molecule has 0 radical (unpaired) electrons. The third kappa shape index (κ3) is 6.81. The monoisotopic (exact) mass is 329 g/mol. The van der Waals surface area contributed by atoms with Gasteiger partial charge in [-0.15, -0.1) is 11.8 Å². The number of hydrogen-bond acceptors (Lipinski definition) is 2. The highest BCUT2D eigenvalue weighted by atomic mass is 79.9. The van der Waals surface area contributed by atoms with E-state index in [-0.39, 0.29) is 0 Å². The third-order valence-corrected chi connectivity index (χ3v) is 4.64. The lowest BCUT2D eigenvalue weighted by Gasteiger charge is -2.16. The van der Waals surface area contributed by atoms with Crippen LogP contribution in [-0.2, 0) is 0 Å². The molecule has 3 heteroatoms. The molecule has 18 heavy (non-hydrogen) atoms. The van der Waals surface area contributed by atoms with Crippen molar-refractivity contribution in [1.82, 2.24) is 5.32 Å². The Kier molecular flexibility index (Phi) is 8.03. The van der Waals surface area contributed by atoms with Crippen LogP contribution in [0.2, 0.25) is 0 Å². The Hall–Kier alpha value is 0.01000. The largest absolute Gasteiger partial charge is 0.316 e. The molecule has 0 aliphatic heterocycles. The number of hydrogen-bond donors (Lipinski definition) is 1. The molecule has 1 N–H and O–H groups in total. The molecule has 0 bridgehead atoms. The Morgan fingerprint density at radius 2 is 2.06 bits per heavy atom. The van der Waals surface area contributed by atoms with Gasteiger partial charge in [0, 0.05) is 21.2 Å². The van der Waals surface area contributed by atoms with Crippen molar-refractivity contribution in [2.24, 2.45) is 5.92 Å². The molecule has 102 valence electrons. The van der Waals surface area contributed by atoms with Gasteiger partial charge in [0.15, 0.2) is 0 Å². The zero-order valence-electron chi connectivity index (χ0n) is 11.6. The van der Waals surface area contributed by atoms with Crippen molar-refractivity contribution < 1.29 is 0 Å². The number of halogens is 1. The predicted molar refractivity (Wildman–Crippen MR) is 86.4 cm³/mol. The summed E-state index contributed by atoms with van der Waals surface area (Å²) in [6, 6.07) is 9.15. The molecule has 1 rings (SSSR count). The molecule has 1 unspecified atom stereocenters. The molecule has 0 amide bonds. The predicted octanol–water partition coefficient (Wildman–Crippen LogP) is 4.96. The molecule has 1 aromatic carbocycles. The average molecular weight is 330 g/mol. The van der Waals surface area contributed by atoms with E-state index in [1.807, 2.05) is 11.8 Å². The highest BCUT2D eigenvalue weighted by molar-refractivity contribution is 9.10. The molecule has 0 spiro atoms. The molecule has 0 saturated carbocycles. The van der Waals surface area contributed by atoms with E-state index in [2.05, 4.69) is 66.4 Å². The van der Waals surface area contributed by atoms with Gasteiger partial charge in [0.2, 0.25) is 0 Å². The molecule has 1 aromatic rings. The van der Waals surface area contributed by atoms with Crippen molar-refractivity contribution in [3.63, 3.8) is 0 Å². The second kappa shape index (κ2) is 9.00. The lowest BCUT2D eigenvalue weighted by molar-refractivity contribution is 0.483. The molecular weight excluding hydrogens is 306 g/mol. The molecule has 0 aromatic heterocycles. The van der Waals surface area contributed by atoms with E-state index in [4.69, 9.17) is 0 Å². The molecule has 0 saturated heterocycles. The summed E-state index contributed by atoms with van der Waals surface area (Å²) in [6.45, 7) is 4.59. The zero-order chi connectivity index (χ0) is 13.4. The Balaban J connectivity index is 2.30. The summed E-state index contributed by atoms with van der Waals surface area (Å²) < 4.78 is 1.16. The van der Waals surface area contributed by atoms with E-state index in [0.29, 0.717) is 6.04 Å². The van der Waals surface area contributed by atoms with Gasteiger partial charge in [0.25, 0.3) is 0 Å². The van der Waals surface area contributed by atoms with E-state index >= 15 is 0 Å². The van der Waals surface area contributed by atoms with Crippen LogP contribution in [0.3, 0.4) is 0 Å². The second-order valence-corrected chi connectivity index (χ2v) is 7.09. The lowest BCUT2D eigenvalue weighted by Crippen LogP contribution is -2.27. The lowest BCUT2D eigenvalue weighted by atomic mass is 10.0. The number of thioether (sulfide) groups is 1. The van der Waals surface area contributed by atoms with Crippen LogP contribution in [0.4, 0.5) is 0 Å². The molecule has 0 heterocycles. The summed E-state index contributed by atoms with van der Waals surface area (Å²) in [5.41, 5.74) is 0. The van der Waals surface area contributed by atoms with Gasteiger partial charge in [-0.05, 0) is 37.6 Å². The third-order valence-electron chi connectivity index (χ3n) is 2.99. The van der Waals surface area contributed by atoms with E-state index < -0.39 is 0 Å². The van der Waals surface area contributed by atoms with E-state index in [0.717, 1.165) is 16.1 Å². The molecule has 1 atom stereocenters. The molecule has 0 aliphatic rings. The first-order valence-electron chi connectivity index (χ1n) is 6.67. The Morgan fingerprint density at radius 1 is 1.28 bits per heavy atom. The van der Waals surface area contributed by atoms with Gasteiger partial charge in [0.05, 0.1) is 0 Å². The highest BCUT2D eigenvalue weighted by Gasteiger charge is 2.07. The van der Waals surface area contributed by atoms with Crippen LogP contribution in [0.1, 0.15) is 33.1 Å². The van der Waals surface area contributed by atoms with Gasteiger partial charge in [-0.1, -0.05) is 48.7 Å². The van der Waals surface area contributed by atoms with Crippen LogP contribution in [0.5, 0.6) is 0 Å². The molecular formula is C15H24BrNS. The minimum atomic E-state index is 0.618. The quantitative estimate of drug-likeness (QED) is 0.677. The molecule has 0 fully saturated rings. The van der Waals surface area contributed by atoms with E-state index in [1.165, 1.54) is 24.2 Å². The maximum Gasteiger partial charge on any atom is 0.0186 e. The van der Waals surface area contributed by atoms with Crippen LogP contribution in [-0.4, -0.2) is 18.8 Å². The van der Waals surface area contributed by atoms with Gasteiger partial charge in [-0.25, -0.2) is 0 Å². The van der Waals surface area contributed by atoms with Gasteiger partial charge in [0.1, 0.15) is 0 Å². The summed E-state index contributed by atoms with van der Waals surface area (Å²) >= 11 is 5.45. The van der Waals surface area contributed by atoms with Crippen LogP contribution < -0.4 is 5.32 Å². The van der Waals surface area contributed by atoms with Crippen molar-refractivity contribution in [3.8, 4) is 0 Å². The topological polar surface area (TPSA) is 12.0 Å². The van der Waals surface area contributed by atoms with Gasteiger partial charge >= 0.3 is 0 Å². The van der Waals surface area contributed by atoms with Crippen molar-refractivity contribution in [3.05, 3.63) is 28.7 Å². The fraction of sp³-hybridized carbons (Fsp3) is 0.600. The van der Waals surface area contributed by atoms with Crippen LogP contribution in [0.25, 0.3) is 0 Å². The highest BCUT2D eigenvalue weighted by Crippen LogP contribution is 2.23. The van der Waals surface area contributed by atoms with E-state index in [1.54, 1.807) is 0 Å². The Bertz CT molecular complexity index is 341. The first kappa shape index (κ1) is 16.1. The van der Waals surface area contributed by atoms with Crippen molar-refractivity contribution in [1.29, 1.82) is 0 Å². The molecule has 0 aliphatic carbocycles. The SMILES string of the molecule is CNC(CCCC(C)C)CSc1cccc(Br)c1. The first-order chi connectivity index (χ1) is 8.61. The second-order valence-electron chi connectivity index (χ2n) is 5.08. The Labute approximate surface area is 124 Å². The first-order valence-corrected chi connectivity index (χ1v) is 8.45. The molecule has 1 nitrogen and oxygen atoms in total. The minimum Gasteiger partial charge on any atom is -0.316 e. The number of nitrogens with one attached hydrogen (secondary N) is 1. The summed E-state index contributed by atoms with van der Waals surface area (Å²) in [5, 5.41) is 3.43. The van der Waals surface area contributed by atoms with Gasteiger partial charge in [-0.3, -0.25) is 0 Å². The fourth-order valence-corrected chi connectivity index (χ4v) is 3.50. The summed E-state index contributed by atoms with van der Waals surface area (Å²) in [4.78, 5) is 1.34. The normalized spacial score (nSPS) is 12.9. The van der Waals surface area contributed by atoms with Crippen LogP contribution in [0.15, 0.2) is 33.6 Å². The number of rotatable bonds is 8. The standard InChI is InChI=1S/C15H24BrNS/c1-12(2)6-4-8-14(17-3)11-18-15-9-5-7-13(16)10-15/h5,7,9-10,12,14,17H,4,6,8,11H2,1-3H3.